The van der Waals surface area contributed by atoms with Gasteiger partial charge in [-0.15, -0.1) is 0 Å². The molecule has 1 aromatic rings. The summed E-state index contributed by atoms with van der Waals surface area (Å²) >= 11 is 3.48. The summed E-state index contributed by atoms with van der Waals surface area (Å²) in [6, 6.07) is 7.78. The molecule has 1 aliphatic rings. The molecule has 80 valence electrons. The summed E-state index contributed by atoms with van der Waals surface area (Å²) in [4.78, 5) is 13.5. The van der Waals surface area contributed by atoms with E-state index in [9.17, 15) is 4.79 Å². The molecule has 1 heterocycles. The molecule has 0 aliphatic carbocycles. The third kappa shape index (κ3) is 1.86. The number of hydrogen-bond acceptors (Lipinski definition) is 3. The lowest BCUT2D eigenvalue weighted by atomic mass is 10.0. The van der Waals surface area contributed by atoms with Gasteiger partial charge in [-0.2, -0.15) is 0 Å². The molecule has 2 rings (SSSR count). The minimum Gasteiger partial charge on any atom is -0.467 e. The van der Waals surface area contributed by atoms with Crippen molar-refractivity contribution in [3.05, 3.63) is 28.7 Å². The van der Waals surface area contributed by atoms with Gasteiger partial charge in [0, 0.05) is 11.0 Å². The molecule has 15 heavy (non-hydrogen) atoms. The van der Waals surface area contributed by atoms with Gasteiger partial charge in [0.15, 0.2) is 0 Å². The van der Waals surface area contributed by atoms with Crippen molar-refractivity contribution in [3.63, 3.8) is 0 Å². The van der Waals surface area contributed by atoms with Crippen molar-refractivity contribution in [3.8, 4) is 0 Å². The molecule has 1 fully saturated rings. The van der Waals surface area contributed by atoms with E-state index in [2.05, 4.69) is 20.8 Å². The van der Waals surface area contributed by atoms with Crippen LogP contribution in [-0.2, 0) is 9.53 Å². The van der Waals surface area contributed by atoms with Gasteiger partial charge < -0.3 is 9.64 Å². The van der Waals surface area contributed by atoms with Crippen LogP contribution in [0.3, 0.4) is 0 Å². The number of carbonyl (C=O) groups excluding carboxylic acids is 1. The Labute approximate surface area is 97.2 Å². The van der Waals surface area contributed by atoms with Crippen LogP contribution in [0.4, 0.5) is 5.69 Å². The Bertz CT molecular complexity index is 381. The third-order valence-corrected chi connectivity index (χ3v) is 3.33. The summed E-state index contributed by atoms with van der Waals surface area (Å²) in [5.41, 5.74) is 1.05. The first-order chi connectivity index (χ1) is 7.24. The Morgan fingerprint density at radius 1 is 1.53 bits per heavy atom. The van der Waals surface area contributed by atoms with Gasteiger partial charge in [-0.1, -0.05) is 12.1 Å². The second-order valence-electron chi connectivity index (χ2n) is 3.47. The summed E-state index contributed by atoms with van der Waals surface area (Å²) in [7, 11) is 1.43. The lowest BCUT2D eigenvalue weighted by Crippen LogP contribution is -2.53. The van der Waals surface area contributed by atoms with Crippen molar-refractivity contribution >= 4 is 27.6 Å². The number of anilines is 1. The summed E-state index contributed by atoms with van der Waals surface area (Å²) in [5, 5.41) is 0. The van der Waals surface area contributed by atoms with Crippen molar-refractivity contribution in [2.24, 2.45) is 0 Å². The first-order valence-corrected chi connectivity index (χ1v) is 5.62. The molecular weight excluding hydrogens is 258 g/mol. The minimum atomic E-state index is -0.156. The second-order valence-corrected chi connectivity index (χ2v) is 4.33. The number of hydrogen-bond donors (Lipinski definition) is 0. The minimum absolute atomic E-state index is 0.117. The smallest absolute Gasteiger partial charge is 0.328 e. The fourth-order valence-corrected chi connectivity index (χ4v) is 2.25. The maximum Gasteiger partial charge on any atom is 0.328 e. The van der Waals surface area contributed by atoms with Crippen molar-refractivity contribution in [1.29, 1.82) is 0 Å². The summed E-state index contributed by atoms with van der Waals surface area (Å²) < 4.78 is 5.76. The van der Waals surface area contributed by atoms with Gasteiger partial charge in [-0.05, 0) is 34.5 Å². The number of rotatable bonds is 2. The molecule has 4 heteroatoms. The van der Waals surface area contributed by atoms with Gasteiger partial charge in [0.1, 0.15) is 6.04 Å². The standard InChI is InChI=1S/C11H12BrNO2/c1-15-11(14)10-6-7-13(10)9-5-3-2-4-8(9)12/h2-5,10H,6-7H2,1H3. The van der Waals surface area contributed by atoms with E-state index in [4.69, 9.17) is 4.74 Å². The largest absolute Gasteiger partial charge is 0.467 e. The van der Waals surface area contributed by atoms with E-state index in [1.54, 1.807) is 0 Å². The number of para-hydroxylation sites is 1. The first-order valence-electron chi connectivity index (χ1n) is 4.83. The number of methoxy groups -OCH3 is 1. The Kier molecular flexibility index (Phi) is 2.95. The number of carbonyl (C=O) groups is 1. The lowest BCUT2D eigenvalue weighted by Gasteiger charge is -2.41. The fourth-order valence-electron chi connectivity index (χ4n) is 1.74. The summed E-state index contributed by atoms with van der Waals surface area (Å²) in [5.74, 6) is -0.156. The van der Waals surface area contributed by atoms with Crippen LogP contribution in [0.5, 0.6) is 0 Å². The Morgan fingerprint density at radius 2 is 2.27 bits per heavy atom. The third-order valence-electron chi connectivity index (χ3n) is 2.65. The Morgan fingerprint density at radius 3 is 2.80 bits per heavy atom. The maximum absolute atomic E-state index is 11.4. The predicted molar refractivity (Wildman–Crippen MR) is 61.9 cm³/mol. The number of halogens is 1. The van der Waals surface area contributed by atoms with Gasteiger partial charge >= 0.3 is 5.97 Å². The molecule has 0 amide bonds. The molecular formula is C11H12BrNO2. The SMILES string of the molecule is COC(=O)C1CCN1c1ccccc1Br. The van der Waals surface area contributed by atoms with E-state index in [0.29, 0.717) is 0 Å². The Balaban J connectivity index is 2.19. The number of esters is 1. The van der Waals surface area contributed by atoms with E-state index in [0.717, 1.165) is 23.1 Å². The van der Waals surface area contributed by atoms with E-state index < -0.39 is 0 Å². The quantitative estimate of drug-likeness (QED) is 0.771. The zero-order chi connectivity index (χ0) is 10.8. The van der Waals surface area contributed by atoms with Crippen LogP contribution < -0.4 is 4.90 Å². The molecule has 1 aromatic carbocycles. The normalized spacial score (nSPS) is 19.6. The molecule has 1 atom stereocenters. The molecule has 1 unspecified atom stereocenters. The van der Waals surface area contributed by atoms with E-state index >= 15 is 0 Å². The zero-order valence-electron chi connectivity index (χ0n) is 8.44. The Hall–Kier alpha value is -1.03. The molecule has 0 bridgehead atoms. The average molecular weight is 270 g/mol. The zero-order valence-corrected chi connectivity index (χ0v) is 10.0. The number of benzene rings is 1. The van der Waals surface area contributed by atoms with Crippen LogP contribution in [0.15, 0.2) is 28.7 Å². The molecule has 0 saturated carbocycles. The summed E-state index contributed by atoms with van der Waals surface area (Å²) in [6.07, 6.45) is 0.869. The number of ether oxygens (including phenoxy) is 1. The van der Waals surface area contributed by atoms with Gasteiger partial charge in [-0.25, -0.2) is 4.79 Å². The predicted octanol–water partition coefficient (Wildman–Crippen LogP) is 2.20. The topological polar surface area (TPSA) is 29.5 Å². The van der Waals surface area contributed by atoms with E-state index in [1.165, 1.54) is 7.11 Å². The van der Waals surface area contributed by atoms with Gasteiger partial charge in [0.25, 0.3) is 0 Å². The van der Waals surface area contributed by atoms with Gasteiger partial charge in [-0.3, -0.25) is 0 Å². The van der Waals surface area contributed by atoms with Gasteiger partial charge in [0.2, 0.25) is 0 Å². The highest BCUT2D eigenvalue weighted by atomic mass is 79.9. The monoisotopic (exact) mass is 269 g/mol. The van der Waals surface area contributed by atoms with Crippen LogP contribution in [0.2, 0.25) is 0 Å². The maximum atomic E-state index is 11.4. The van der Waals surface area contributed by atoms with Crippen molar-refractivity contribution in [1.82, 2.24) is 0 Å². The summed E-state index contributed by atoms with van der Waals surface area (Å²) in [6.45, 7) is 0.905. The van der Waals surface area contributed by atoms with E-state index in [1.807, 2.05) is 24.3 Å². The second kappa shape index (κ2) is 4.23. The fraction of sp³-hybridized carbons (Fsp3) is 0.364. The van der Waals surface area contributed by atoms with Crippen LogP contribution in [0, 0.1) is 0 Å². The van der Waals surface area contributed by atoms with Crippen LogP contribution in [0.1, 0.15) is 6.42 Å². The van der Waals surface area contributed by atoms with E-state index in [-0.39, 0.29) is 12.0 Å². The molecule has 0 N–H and O–H groups in total. The number of nitrogens with zero attached hydrogens (tertiary/aromatic N) is 1. The van der Waals surface area contributed by atoms with Crippen LogP contribution in [-0.4, -0.2) is 25.7 Å². The van der Waals surface area contributed by atoms with Crippen molar-refractivity contribution in [2.75, 3.05) is 18.6 Å². The van der Waals surface area contributed by atoms with Crippen molar-refractivity contribution in [2.45, 2.75) is 12.5 Å². The molecule has 1 aliphatic heterocycles. The van der Waals surface area contributed by atoms with Crippen LogP contribution >= 0.6 is 15.9 Å². The molecule has 3 nitrogen and oxygen atoms in total. The average Bonchev–Trinajstić information content (AvgIpc) is 2.19. The molecule has 0 radical (unpaired) electrons. The van der Waals surface area contributed by atoms with Gasteiger partial charge in [0.05, 0.1) is 12.8 Å². The molecule has 0 aromatic heterocycles. The lowest BCUT2D eigenvalue weighted by molar-refractivity contribution is -0.143. The molecule has 1 saturated heterocycles. The highest BCUT2D eigenvalue weighted by Gasteiger charge is 2.35. The highest BCUT2D eigenvalue weighted by molar-refractivity contribution is 9.10. The molecule has 0 spiro atoms. The first kappa shape index (κ1) is 10.5. The van der Waals surface area contributed by atoms with Crippen molar-refractivity contribution < 1.29 is 9.53 Å². The highest BCUT2D eigenvalue weighted by Crippen LogP contribution is 2.32. The van der Waals surface area contributed by atoms with Crippen LogP contribution in [0.25, 0.3) is 0 Å².